The maximum Gasteiger partial charge on any atom is 0.274 e. The lowest BCUT2D eigenvalue weighted by Crippen LogP contribution is -2.21. The van der Waals surface area contributed by atoms with E-state index in [9.17, 15) is 14.9 Å². The smallest absolute Gasteiger partial charge is 0.274 e. The topological polar surface area (TPSA) is 105 Å². The molecule has 1 N–H and O–H groups in total. The summed E-state index contributed by atoms with van der Waals surface area (Å²) in [6, 6.07) is 13.0. The zero-order valence-electron chi connectivity index (χ0n) is 12.3. The van der Waals surface area contributed by atoms with Crippen LogP contribution in [0.15, 0.2) is 42.5 Å². The Balaban J connectivity index is 2.05. The zero-order valence-corrected chi connectivity index (χ0v) is 12.3. The number of hydrogen-bond donors (Lipinski definition) is 1. The molecule has 7 nitrogen and oxygen atoms in total. The summed E-state index contributed by atoms with van der Waals surface area (Å²) in [6.45, 7) is 1.25. The second-order valence-electron chi connectivity index (χ2n) is 4.65. The van der Waals surface area contributed by atoms with Crippen LogP contribution in [0, 0.1) is 28.4 Å². The van der Waals surface area contributed by atoms with Crippen LogP contribution in [0.5, 0.6) is 5.75 Å². The van der Waals surface area contributed by atoms with Gasteiger partial charge in [0.15, 0.2) is 6.61 Å². The number of carbonyl (C=O) groups is 1. The lowest BCUT2D eigenvalue weighted by atomic mass is 10.1. The van der Waals surface area contributed by atoms with Crippen molar-refractivity contribution >= 4 is 17.3 Å². The molecule has 116 valence electrons. The first-order valence-corrected chi connectivity index (χ1v) is 6.68. The minimum absolute atomic E-state index is 0.0708. The molecule has 1 amide bonds. The quantitative estimate of drug-likeness (QED) is 0.675. The monoisotopic (exact) mass is 311 g/mol. The van der Waals surface area contributed by atoms with Gasteiger partial charge in [-0.15, -0.1) is 0 Å². The summed E-state index contributed by atoms with van der Waals surface area (Å²) in [6.07, 6.45) is 0. The van der Waals surface area contributed by atoms with E-state index >= 15 is 0 Å². The summed E-state index contributed by atoms with van der Waals surface area (Å²) in [7, 11) is 0. The van der Waals surface area contributed by atoms with E-state index in [2.05, 4.69) is 5.32 Å². The van der Waals surface area contributed by atoms with Gasteiger partial charge in [0, 0.05) is 6.07 Å². The Morgan fingerprint density at radius 1 is 1.30 bits per heavy atom. The van der Waals surface area contributed by atoms with Crippen molar-refractivity contribution in [3.05, 3.63) is 63.7 Å². The van der Waals surface area contributed by atoms with Crippen LogP contribution >= 0.6 is 0 Å². The van der Waals surface area contributed by atoms with Crippen LogP contribution in [-0.4, -0.2) is 17.4 Å². The van der Waals surface area contributed by atoms with Crippen LogP contribution in [-0.2, 0) is 4.79 Å². The van der Waals surface area contributed by atoms with Gasteiger partial charge in [-0.25, -0.2) is 0 Å². The van der Waals surface area contributed by atoms with E-state index in [1.54, 1.807) is 37.3 Å². The number of nitrogens with one attached hydrogen (secondary N) is 1. The molecular formula is C16H13N3O4. The number of nitriles is 1. The molecule has 0 fully saturated rings. The summed E-state index contributed by atoms with van der Waals surface area (Å²) in [4.78, 5) is 22.3. The first kappa shape index (κ1) is 16.0. The molecule has 0 bridgehead atoms. The van der Waals surface area contributed by atoms with E-state index in [1.807, 2.05) is 6.07 Å². The van der Waals surface area contributed by atoms with E-state index in [4.69, 9.17) is 10.00 Å². The largest absolute Gasteiger partial charge is 0.482 e. The molecule has 0 spiro atoms. The highest BCUT2D eigenvalue weighted by atomic mass is 16.6. The average molecular weight is 311 g/mol. The van der Waals surface area contributed by atoms with Crippen LogP contribution in [0.3, 0.4) is 0 Å². The van der Waals surface area contributed by atoms with Crippen LogP contribution in [0.1, 0.15) is 11.1 Å². The minimum atomic E-state index is -0.509. The highest BCUT2D eigenvalue weighted by Crippen LogP contribution is 2.25. The first-order chi connectivity index (χ1) is 11.0. The summed E-state index contributed by atoms with van der Waals surface area (Å²) >= 11 is 0. The summed E-state index contributed by atoms with van der Waals surface area (Å²) in [5.74, 6) is -0.165. The number of benzene rings is 2. The summed E-state index contributed by atoms with van der Waals surface area (Å²) < 4.78 is 5.31. The summed E-state index contributed by atoms with van der Waals surface area (Å²) in [5.41, 5.74) is 0.968. The maximum atomic E-state index is 11.9. The molecule has 0 aliphatic rings. The molecule has 0 heterocycles. The number of rotatable bonds is 5. The van der Waals surface area contributed by atoms with Gasteiger partial charge in [0.1, 0.15) is 11.8 Å². The first-order valence-electron chi connectivity index (χ1n) is 6.68. The third-order valence-corrected chi connectivity index (χ3v) is 3.14. The number of nitro groups is 1. The van der Waals surface area contributed by atoms with Crippen molar-refractivity contribution < 1.29 is 14.5 Å². The van der Waals surface area contributed by atoms with Gasteiger partial charge in [-0.1, -0.05) is 18.2 Å². The highest BCUT2D eigenvalue weighted by Gasteiger charge is 2.15. The van der Waals surface area contributed by atoms with Gasteiger partial charge in [0.2, 0.25) is 0 Å². The molecule has 0 unspecified atom stereocenters. The van der Waals surface area contributed by atoms with Crippen molar-refractivity contribution in [2.75, 3.05) is 11.9 Å². The Hall–Kier alpha value is -3.40. The van der Waals surface area contributed by atoms with E-state index in [-0.39, 0.29) is 12.3 Å². The fourth-order valence-electron chi connectivity index (χ4n) is 1.97. The second kappa shape index (κ2) is 7.04. The van der Waals surface area contributed by atoms with Gasteiger partial charge >= 0.3 is 0 Å². The molecule has 2 rings (SSSR count). The van der Waals surface area contributed by atoms with Gasteiger partial charge in [-0.2, -0.15) is 5.26 Å². The van der Waals surface area contributed by atoms with E-state index in [1.165, 1.54) is 12.1 Å². The number of carbonyl (C=O) groups excluding carboxylic acids is 1. The molecule has 0 aliphatic heterocycles. The van der Waals surface area contributed by atoms with Gasteiger partial charge in [-0.3, -0.25) is 14.9 Å². The number of nitrogens with zero attached hydrogens (tertiary/aromatic N) is 2. The minimum Gasteiger partial charge on any atom is -0.482 e. The van der Waals surface area contributed by atoms with Gasteiger partial charge in [-0.05, 0) is 25.1 Å². The van der Waals surface area contributed by atoms with Gasteiger partial charge < -0.3 is 10.1 Å². The van der Waals surface area contributed by atoms with Gasteiger partial charge in [0.25, 0.3) is 11.6 Å². The lowest BCUT2D eigenvalue weighted by Gasteiger charge is -2.10. The molecule has 0 saturated carbocycles. The Bertz CT molecular complexity index is 796. The maximum absolute atomic E-state index is 11.9. The number of ether oxygens (including phenoxy) is 1. The number of hydrogen-bond acceptors (Lipinski definition) is 5. The molecular weight excluding hydrogens is 298 g/mol. The number of nitro benzene ring substituents is 1. The fraction of sp³-hybridized carbons (Fsp3) is 0.125. The van der Waals surface area contributed by atoms with Crippen molar-refractivity contribution in [3.8, 4) is 11.8 Å². The Morgan fingerprint density at radius 2 is 2.04 bits per heavy atom. The molecule has 2 aromatic rings. The molecule has 0 aromatic heterocycles. The third kappa shape index (κ3) is 3.83. The lowest BCUT2D eigenvalue weighted by molar-refractivity contribution is -0.385. The predicted molar refractivity (Wildman–Crippen MR) is 83.1 cm³/mol. The van der Waals surface area contributed by atoms with E-state index in [0.29, 0.717) is 22.6 Å². The molecule has 23 heavy (non-hydrogen) atoms. The molecule has 0 saturated heterocycles. The van der Waals surface area contributed by atoms with Crippen molar-refractivity contribution in [2.24, 2.45) is 0 Å². The Kier molecular flexibility index (Phi) is 4.89. The van der Waals surface area contributed by atoms with Gasteiger partial charge in [0.05, 0.1) is 21.7 Å². The average Bonchev–Trinajstić information content (AvgIpc) is 2.54. The second-order valence-corrected chi connectivity index (χ2v) is 4.65. The Labute approximate surface area is 132 Å². The molecule has 2 aromatic carbocycles. The van der Waals surface area contributed by atoms with Crippen molar-refractivity contribution in [2.45, 2.75) is 6.92 Å². The number of anilines is 1. The molecule has 7 heteroatoms. The molecule has 0 radical (unpaired) electrons. The normalized spacial score (nSPS) is 9.74. The fourth-order valence-corrected chi connectivity index (χ4v) is 1.97. The number of amides is 1. The van der Waals surface area contributed by atoms with Crippen molar-refractivity contribution in [1.29, 1.82) is 5.26 Å². The number of para-hydroxylation sites is 1. The molecule has 0 atom stereocenters. The SMILES string of the molecule is Cc1c(NC(=O)COc2ccccc2C#N)cccc1[N+](=O)[O-]. The third-order valence-electron chi connectivity index (χ3n) is 3.14. The zero-order chi connectivity index (χ0) is 16.8. The Morgan fingerprint density at radius 3 is 2.74 bits per heavy atom. The van der Waals surface area contributed by atoms with E-state index < -0.39 is 10.8 Å². The van der Waals surface area contributed by atoms with Crippen LogP contribution in [0.25, 0.3) is 0 Å². The highest BCUT2D eigenvalue weighted by molar-refractivity contribution is 5.93. The van der Waals surface area contributed by atoms with Crippen molar-refractivity contribution in [1.82, 2.24) is 0 Å². The predicted octanol–water partition coefficient (Wildman–Crippen LogP) is 2.79. The summed E-state index contributed by atoms with van der Waals surface area (Å²) in [5, 5.41) is 22.4. The van der Waals surface area contributed by atoms with E-state index in [0.717, 1.165) is 0 Å². The standard InChI is InChI=1S/C16H13N3O4/c1-11-13(6-4-7-14(11)19(21)22)18-16(20)10-23-15-8-3-2-5-12(15)9-17/h2-8H,10H2,1H3,(H,18,20). The van der Waals surface area contributed by atoms with Crippen LogP contribution in [0.2, 0.25) is 0 Å². The van der Waals surface area contributed by atoms with Crippen LogP contribution in [0.4, 0.5) is 11.4 Å². The van der Waals surface area contributed by atoms with Crippen molar-refractivity contribution in [3.63, 3.8) is 0 Å². The molecule has 0 aliphatic carbocycles. The van der Waals surface area contributed by atoms with Crippen LogP contribution < -0.4 is 10.1 Å².